The summed E-state index contributed by atoms with van der Waals surface area (Å²) in [5, 5.41) is 9.03. The SMILES string of the molecule is CC.CC(C)n1cc(S(N)(O)O)cn1. The van der Waals surface area contributed by atoms with Gasteiger partial charge >= 0.3 is 0 Å². The molecule has 0 amide bonds. The van der Waals surface area contributed by atoms with Gasteiger partial charge in [0.15, 0.2) is 0 Å². The fourth-order valence-corrected chi connectivity index (χ4v) is 1.22. The van der Waals surface area contributed by atoms with Crippen LogP contribution in [0.2, 0.25) is 0 Å². The number of aromatic nitrogens is 2. The smallest absolute Gasteiger partial charge is 0.113 e. The van der Waals surface area contributed by atoms with E-state index in [1.54, 1.807) is 10.9 Å². The Bertz CT molecular complexity index is 268. The molecule has 6 heteroatoms. The molecule has 1 rings (SSSR count). The summed E-state index contributed by atoms with van der Waals surface area (Å²) >= 11 is 0. The molecule has 0 aliphatic rings. The zero-order valence-electron chi connectivity index (χ0n) is 9.01. The Morgan fingerprint density at radius 3 is 2.14 bits per heavy atom. The molecule has 0 radical (unpaired) electrons. The monoisotopic (exact) mass is 221 g/mol. The summed E-state index contributed by atoms with van der Waals surface area (Å²) in [7, 11) is -3.10. The van der Waals surface area contributed by atoms with Crippen molar-refractivity contribution in [3.05, 3.63) is 12.4 Å². The van der Waals surface area contributed by atoms with Gasteiger partial charge in [0.1, 0.15) is 4.90 Å². The predicted molar refractivity (Wildman–Crippen MR) is 59.3 cm³/mol. The van der Waals surface area contributed by atoms with Crippen molar-refractivity contribution in [2.45, 2.75) is 38.6 Å². The fourth-order valence-electron chi connectivity index (χ4n) is 0.758. The first-order valence-electron chi connectivity index (χ1n) is 4.51. The molecular weight excluding hydrogens is 202 g/mol. The highest BCUT2D eigenvalue weighted by Crippen LogP contribution is 2.39. The number of rotatable bonds is 2. The fraction of sp³-hybridized carbons (Fsp3) is 0.625. The van der Waals surface area contributed by atoms with Crippen LogP contribution in [0, 0.1) is 0 Å². The van der Waals surface area contributed by atoms with Crippen LogP contribution in [0.15, 0.2) is 17.3 Å². The Kier molecular flexibility index (Phi) is 5.14. The highest BCUT2D eigenvalue weighted by Gasteiger charge is 2.12. The number of nitrogens with zero attached hydrogens (tertiary/aromatic N) is 2. The molecule has 4 N–H and O–H groups in total. The minimum absolute atomic E-state index is 0.195. The maximum atomic E-state index is 9.05. The summed E-state index contributed by atoms with van der Waals surface area (Å²) in [5.41, 5.74) is 0. The molecule has 0 saturated carbocycles. The first kappa shape index (κ1) is 13.4. The van der Waals surface area contributed by atoms with E-state index in [9.17, 15) is 0 Å². The summed E-state index contributed by atoms with van der Waals surface area (Å²) in [6.07, 6.45) is 2.91. The summed E-state index contributed by atoms with van der Waals surface area (Å²) in [6.45, 7) is 7.89. The van der Waals surface area contributed by atoms with Gasteiger partial charge in [-0.2, -0.15) is 5.10 Å². The Morgan fingerprint density at radius 2 is 1.93 bits per heavy atom. The average Bonchev–Trinajstić information content (AvgIpc) is 2.54. The van der Waals surface area contributed by atoms with E-state index >= 15 is 0 Å². The maximum absolute atomic E-state index is 9.05. The van der Waals surface area contributed by atoms with Crippen molar-refractivity contribution in [1.82, 2.24) is 9.78 Å². The van der Waals surface area contributed by atoms with Crippen LogP contribution in [0.4, 0.5) is 0 Å². The van der Waals surface area contributed by atoms with Gasteiger partial charge in [-0.15, -0.1) is 10.8 Å². The molecule has 0 aromatic carbocycles. The van der Waals surface area contributed by atoms with Gasteiger partial charge in [-0.3, -0.25) is 13.8 Å². The van der Waals surface area contributed by atoms with Gasteiger partial charge < -0.3 is 0 Å². The first-order chi connectivity index (χ1) is 6.41. The minimum atomic E-state index is -3.10. The van der Waals surface area contributed by atoms with E-state index in [1.807, 2.05) is 27.7 Å². The van der Waals surface area contributed by atoms with Crippen molar-refractivity contribution in [1.29, 1.82) is 0 Å². The molecule has 0 fully saturated rings. The van der Waals surface area contributed by atoms with Crippen LogP contribution in [0.1, 0.15) is 33.7 Å². The molecule has 0 spiro atoms. The van der Waals surface area contributed by atoms with Gasteiger partial charge in [-0.1, -0.05) is 13.8 Å². The maximum Gasteiger partial charge on any atom is 0.113 e. The molecule has 5 nitrogen and oxygen atoms in total. The second kappa shape index (κ2) is 5.35. The van der Waals surface area contributed by atoms with Crippen LogP contribution in [0.25, 0.3) is 0 Å². The molecule has 1 heterocycles. The van der Waals surface area contributed by atoms with Crippen LogP contribution < -0.4 is 5.14 Å². The quantitative estimate of drug-likeness (QED) is 0.716. The van der Waals surface area contributed by atoms with Gasteiger partial charge in [0.25, 0.3) is 0 Å². The summed E-state index contributed by atoms with van der Waals surface area (Å²) in [4.78, 5) is 0.274. The van der Waals surface area contributed by atoms with Gasteiger partial charge in [0, 0.05) is 12.2 Å². The molecular formula is C8H19N3O2S. The van der Waals surface area contributed by atoms with Gasteiger partial charge in [0.2, 0.25) is 0 Å². The van der Waals surface area contributed by atoms with Gasteiger partial charge in [-0.25, -0.2) is 5.14 Å². The second-order valence-corrected chi connectivity index (χ2v) is 4.50. The minimum Gasteiger partial charge on any atom is -0.282 e. The zero-order valence-corrected chi connectivity index (χ0v) is 9.82. The van der Waals surface area contributed by atoms with Crippen molar-refractivity contribution in [3.63, 3.8) is 0 Å². The Balaban J connectivity index is 0.000000791. The van der Waals surface area contributed by atoms with E-state index in [2.05, 4.69) is 5.10 Å². The van der Waals surface area contributed by atoms with E-state index < -0.39 is 10.8 Å². The largest absolute Gasteiger partial charge is 0.282 e. The van der Waals surface area contributed by atoms with Crippen LogP contribution >= 0.6 is 10.8 Å². The van der Waals surface area contributed by atoms with Gasteiger partial charge in [0.05, 0.1) is 6.20 Å². The van der Waals surface area contributed by atoms with Gasteiger partial charge in [-0.05, 0) is 13.8 Å². The molecule has 84 valence electrons. The lowest BCUT2D eigenvalue weighted by atomic mass is 10.4. The van der Waals surface area contributed by atoms with Crippen LogP contribution in [-0.4, -0.2) is 18.9 Å². The lowest BCUT2D eigenvalue weighted by molar-refractivity contribution is 0.487. The normalized spacial score (nSPS) is 12.3. The van der Waals surface area contributed by atoms with Crippen molar-refractivity contribution in [3.8, 4) is 0 Å². The standard InChI is InChI=1S/C6H13N3O2S.C2H6/c1-5(2)9-4-6(3-8-9)12(7,10)11;1-2/h3-5,10-11H,7H2,1-2H3;1-2H3. The first-order valence-corrected chi connectivity index (χ1v) is 6.12. The van der Waals surface area contributed by atoms with E-state index in [4.69, 9.17) is 14.2 Å². The third-order valence-corrected chi connectivity index (χ3v) is 2.36. The highest BCUT2D eigenvalue weighted by molar-refractivity contribution is 8.22. The topological polar surface area (TPSA) is 84.3 Å². The van der Waals surface area contributed by atoms with Crippen LogP contribution in [0.3, 0.4) is 0 Å². The Hall–Kier alpha value is -0.560. The van der Waals surface area contributed by atoms with Crippen LogP contribution in [0.5, 0.6) is 0 Å². The molecule has 0 bridgehead atoms. The third-order valence-electron chi connectivity index (χ3n) is 1.45. The zero-order chi connectivity index (χ0) is 11.4. The molecule has 0 aliphatic heterocycles. The Morgan fingerprint density at radius 1 is 1.43 bits per heavy atom. The van der Waals surface area contributed by atoms with Crippen molar-refractivity contribution >= 4 is 10.8 Å². The van der Waals surface area contributed by atoms with E-state index in [1.165, 1.54) is 6.20 Å². The summed E-state index contributed by atoms with van der Waals surface area (Å²) in [6, 6.07) is 0.195. The molecule has 0 unspecified atom stereocenters. The number of hydrogen-bond acceptors (Lipinski definition) is 4. The van der Waals surface area contributed by atoms with E-state index in [-0.39, 0.29) is 10.9 Å². The highest BCUT2D eigenvalue weighted by atomic mass is 32.3. The van der Waals surface area contributed by atoms with Crippen molar-refractivity contribution < 1.29 is 9.11 Å². The lowest BCUT2D eigenvalue weighted by Gasteiger charge is -2.23. The molecule has 14 heavy (non-hydrogen) atoms. The molecule has 0 atom stereocenters. The van der Waals surface area contributed by atoms with E-state index in [0.717, 1.165) is 0 Å². The average molecular weight is 221 g/mol. The molecule has 0 saturated heterocycles. The lowest BCUT2D eigenvalue weighted by Crippen LogP contribution is -2.07. The van der Waals surface area contributed by atoms with Crippen molar-refractivity contribution in [2.24, 2.45) is 5.14 Å². The summed E-state index contributed by atoms with van der Waals surface area (Å²) < 4.78 is 19.7. The van der Waals surface area contributed by atoms with E-state index in [0.29, 0.717) is 0 Å². The molecule has 1 aromatic rings. The summed E-state index contributed by atoms with van der Waals surface area (Å²) in [5.74, 6) is 0. The Labute approximate surface area is 86.4 Å². The predicted octanol–water partition coefficient (Wildman–Crippen LogP) is 2.47. The third kappa shape index (κ3) is 3.67. The van der Waals surface area contributed by atoms with Crippen LogP contribution in [-0.2, 0) is 0 Å². The number of nitrogens with two attached hydrogens (primary N) is 1. The number of hydrogen-bond donors (Lipinski definition) is 3. The second-order valence-electron chi connectivity index (χ2n) is 2.84. The van der Waals surface area contributed by atoms with Crippen molar-refractivity contribution in [2.75, 3.05) is 0 Å². The molecule has 1 aromatic heterocycles. The molecule has 0 aliphatic carbocycles.